The normalized spacial score (nSPS) is 10.8. The summed E-state index contributed by atoms with van der Waals surface area (Å²) in [7, 11) is 0. The minimum atomic E-state index is 0.562. The third-order valence-electron chi connectivity index (χ3n) is 5.54. The van der Waals surface area contributed by atoms with E-state index in [2.05, 4.69) is 95.9 Å². The van der Waals surface area contributed by atoms with E-state index in [4.69, 9.17) is 0 Å². The molecule has 3 aromatic carbocycles. The highest BCUT2D eigenvalue weighted by molar-refractivity contribution is 6.71. The zero-order valence-electron chi connectivity index (χ0n) is 16.3. The number of hydrogen-bond donors (Lipinski definition) is 0. The van der Waals surface area contributed by atoms with Crippen LogP contribution in [0.3, 0.4) is 0 Å². The van der Waals surface area contributed by atoms with Crippen molar-refractivity contribution in [3.05, 3.63) is 76.9 Å². The summed E-state index contributed by atoms with van der Waals surface area (Å²) in [5.41, 5.74) is 12.5. The zero-order valence-corrected chi connectivity index (χ0v) is 16.3. The van der Waals surface area contributed by atoms with E-state index in [1.54, 1.807) is 0 Å². The van der Waals surface area contributed by atoms with Crippen LogP contribution in [-0.2, 0) is 0 Å². The van der Waals surface area contributed by atoms with Crippen molar-refractivity contribution in [1.82, 2.24) is 0 Å². The molecule has 0 nitrogen and oxygen atoms in total. The molecule has 0 radical (unpaired) electrons. The summed E-state index contributed by atoms with van der Waals surface area (Å²) in [6.07, 6.45) is 0. The van der Waals surface area contributed by atoms with E-state index in [-0.39, 0.29) is 0 Å². The molecule has 0 aliphatic rings. The molecule has 0 fully saturated rings. The van der Waals surface area contributed by atoms with Crippen LogP contribution in [-0.4, -0.2) is 6.71 Å². The van der Waals surface area contributed by atoms with Crippen molar-refractivity contribution in [2.75, 3.05) is 0 Å². The maximum Gasteiger partial charge on any atom is 0.170 e. The van der Waals surface area contributed by atoms with E-state index >= 15 is 0 Å². The lowest BCUT2D eigenvalue weighted by Gasteiger charge is -2.22. The summed E-state index contributed by atoms with van der Waals surface area (Å²) in [6, 6.07) is 19.6. The Labute approximate surface area is 153 Å². The van der Waals surface area contributed by atoms with Crippen LogP contribution in [0.4, 0.5) is 0 Å². The second kappa shape index (κ2) is 6.92. The standard InChI is InChI=1S/C24H27B/c1-16-18(3)24(25(5)6)19(4)17(2)23(16)22-14-12-21(13-15-22)20-10-8-7-9-11-20/h7-15H,1-6H3. The largest absolute Gasteiger partial charge is 0.170 e. The second-order valence-electron chi connectivity index (χ2n) is 7.39. The Hall–Kier alpha value is -2.28. The number of hydrogen-bond acceptors (Lipinski definition) is 0. The maximum atomic E-state index is 2.29. The van der Waals surface area contributed by atoms with Crippen molar-refractivity contribution in [3.8, 4) is 22.3 Å². The summed E-state index contributed by atoms with van der Waals surface area (Å²) in [5.74, 6) is 0. The van der Waals surface area contributed by atoms with Crippen molar-refractivity contribution in [3.63, 3.8) is 0 Å². The fraction of sp³-hybridized carbons (Fsp3) is 0.250. The molecule has 0 bridgehead atoms. The highest BCUT2D eigenvalue weighted by Gasteiger charge is 2.18. The SMILES string of the molecule is CB(C)c1c(C)c(C)c(-c2ccc(-c3ccccc3)cc2)c(C)c1C. The van der Waals surface area contributed by atoms with Gasteiger partial charge < -0.3 is 0 Å². The Morgan fingerprint density at radius 1 is 0.520 bits per heavy atom. The maximum absolute atomic E-state index is 2.29. The van der Waals surface area contributed by atoms with Gasteiger partial charge in [-0.3, -0.25) is 0 Å². The van der Waals surface area contributed by atoms with Gasteiger partial charge in [0.05, 0.1) is 0 Å². The molecule has 0 aliphatic heterocycles. The smallest absolute Gasteiger partial charge is 0.0819 e. The fourth-order valence-corrected chi connectivity index (χ4v) is 4.10. The van der Waals surface area contributed by atoms with Gasteiger partial charge in [0, 0.05) is 0 Å². The summed E-state index contributed by atoms with van der Waals surface area (Å²) < 4.78 is 0. The lowest BCUT2D eigenvalue weighted by molar-refractivity contribution is 1.27. The molecule has 0 saturated heterocycles. The van der Waals surface area contributed by atoms with Crippen molar-refractivity contribution < 1.29 is 0 Å². The number of rotatable bonds is 3. The molecule has 0 amide bonds. The third kappa shape index (κ3) is 3.16. The van der Waals surface area contributed by atoms with Crippen molar-refractivity contribution in [2.45, 2.75) is 41.3 Å². The molecule has 0 saturated carbocycles. The van der Waals surface area contributed by atoms with Crippen LogP contribution in [0.15, 0.2) is 54.6 Å². The Morgan fingerprint density at radius 2 is 0.960 bits per heavy atom. The Bertz CT molecular complexity index is 859. The fourth-order valence-electron chi connectivity index (χ4n) is 4.10. The third-order valence-corrected chi connectivity index (χ3v) is 5.54. The van der Waals surface area contributed by atoms with E-state index in [1.807, 2.05) is 0 Å². The average molecular weight is 326 g/mol. The monoisotopic (exact) mass is 326 g/mol. The summed E-state index contributed by atoms with van der Waals surface area (Å²) in [5, 5.41) is 0. The second-order valence-corrected chi connectivity index (χ2v) is 7.39. The quantitative estimate of drug-likeness (QED) is 0.502. The molecule has 126 valence electrons. The van der Waals surface area contributed by atoms with Gasteiger partial charge in [0.1, 0.15) is 0 Å². The first kappa shape index (κ1) is 17.5. The van der Waals surface area contributed by atoms with Crippen molar-refractivity contribution >= 4 is 12.2 Å². The molecule has 0 aliphatic carbocycles. The van der Waals surface area contributed by atoms with E-state index in [1.165, 1.54) is 50.0 Å². The van der Waals surface area contributed by atoms with Gasteiger partial charge >= 0.3 is 0 Å². The first-order valence-electron chi connectivity index (χ1n) is 9.18. The molecule has 3 aromatic rings. The highest BCUT2D eigenvalue weighted by Crippen LogP contribution is 2.32. The lowest BCUT2D eigenvalue weighted by Crippen LogP contribution is -2.30. The molecule has 1 heteroatoms. The summed E-state index contributed by atoms with van der Waals surface area (Å²) >= 11 is 0. The van der Waals surface area contributed by atoms with Gasteiger partial charge in [0.25, 0.3) is 0 Å². The van der Waals surface area contributed by atoms with Crippen LogP contribution >= 0.6 is 0 Å². The first-order valence-corrected chi connectivity index (χ1v) is 9.18. The average Bonchev–Trinajstić information content (AvgIpc) is 2.61. The molecule has 25 heavy (non-hydrogen) atoms. The van der Waals surface area contributed by atoms with Crippen LogP contribution in [0, 0.1) is 27.7 Å². The predicted molar refractivity (Wildman–Crippen MR) is 113 cm³/mol. The van der Waals surface area contributed by atoms with Gasteiger partial charge in [-0.05, 0) is 61.1 Å². The van der Waals surface area contributed by atoms with Crippen LogP contribution < -0.4 is 5.46 Å². The van der Waals surface area contributed by atoms with Gasteiger partial charge in [-0.1, -0.05) is 84.8 Å². The van der Waals surface area contributed by atoms with Gasteiger partial charge in [-0.15, -0.1) is 0 Å². The summed E-state index contributed by atoms with van der Waals surface area (Å²) in [6.45, 7) is 14.2. The van der Waals surface area contributed by atoms with Gasteiger partial charge in [0.15, 0.2) is 6.71 Å². The Kier molecular flexibility index (Phi) is 4.86. The first-order chi connectivity index (χ1) is 11.9. The Morgan fingerprint density at radius 3 is 1.44 bits per heavy atom. The Balaban J connectivity index is 2.11. The van der Waals surface area contributed by atoms with E-state index in [0.717, 1.165) is 0 Å². The van der Waals surface area contributed by atoms with Crippen molar-refractivity contribution in [2.24, 2.45) is 0 Å². The minimum absolute atomic E-state index is 0.562. The molecular formula is C24H27B. The van der Waals surface area contributed by atoms with Crippen LogP contribution in [0.25, 0.3) is 22.3 Å². The molecule has 0 atom stereocenters. The molecule has 0 heterocycles. The zero-order chi connectivity index (χ0) is 18.1. The topological polar surface area (TPSA) is 0 Å². The lowest BCUT2D eigenvalue weighted by atomic mass is 9.46. The summed E-state index contributed by atoms with van der Waals surface area (Å²) in [4.78, 5) is 0. The van der Waals surface area contributed by atoms with E-state index in [0.29, 0.717) is 6.71 Å². The van der Waals surface area contributed by atoms with Crippen LogP contribution in [0.2, 0.25) is 13.6 Å². The van der Waals surface area contributed by atoms with E-state index < -0.39 is 0 Å². The molecule has 3 rings (SSSR count). The van der Waals surface area contributed by atoms with Gasteiger partial charge in [-0.2, -0.15) is 0 Å². The molecule has 0 spiro atoms. The van der Waals surface area contributed by atoms with Crippen LogP contribution in [0.5, 0.6) is 0 Å². The van der Waals surface area contributed by atoms with Crippen LogP contribution in [0.1, 0.15) is 22.3 Å². The van der Waals surface area contributed by atoms with Crippen molar-refractivity contribution in [1.29, 1.82) is 0 Å². The highest BCUT2D eigenvalue weighted by atomic mass is 14.2. The number of benzene rings is 3. The predicted octanol–water partition coefficient (Wildman–Crippen LogP) is 6.22. The van der Waals surface area contributed by atoms with Gasteiger partial charge in [-0.25, -0.2) is 0 Å². The molecular weight excluding hydrogens is 299 g/mol. The molecule has 0 aromatic heterocycles. The molecule has 0 N–H and O–H groups in total. The van der Waals surface area contributed by atoms with E-state index in [9.17, 15) is 0 Å². The van der Waals surface area contributed by atoms with Gasteiger partial charge in [0.2, 0.25) is 0 Å². The minimum Gasteiger partial charge on any atom is -0.0819 e. The molecule has 0 unspecified atom stereocenters.